The number of nitrogens with two attached hydrogens (primary N) is 1. The maximum Gasteiger partial charge on any atom is 0.144 e. The first kappa shape index (κ1) is 13.7. The summed E-state index contributed by atoms with van der Waals surface area (Å²) in [6, 6.07) is 5.79. The molecule has 0 fully saturated rings. The number of ether oxygens (including phenoxy) is 1. The second-order valence-electron chi connectivity index (χ2n) is 4.30. The van der Waals surface area contributed by atoms with Crippen molar-refractivity contribution in [3.05, 3.63) is 34.3 Å². The Morgan fingerprint density at radius 1 is 1.42 bits per heavy atom. The predicted octanol–water partition coefficient (Wildman–Crippen LogP) is 3.43. The molecule has 0 unspecified atom stereocenters. The summed E-state index contributed by atoms with van der Waals surface area (Å²) >= 11 is 1.65. The van der Waals surface area contributed by atoms with Crippen molar-refractivity contribution in [1.82, 2.24) is 4.98 Å². The number of rotatable bonds is 6. The standard InChI is InChI=1S/C14H19N3OS/c1-3-7-18-12-6-4-5-11(14(12)15)16-8-13-17-10(2)9-19-13/h4-6,9,16H,3,7-8,15H2,1-2H3. The summed E-state index contributed by atoms with van der Waals surface area (Å²) in [5.74, 6) is 0.738. The molecule has 5 heteroatoms. The van der Waals surface area contributed by atoms with Gasteiger partial charge in [-0.1, -0.05) is 13.0 Å². The molecule has 2 rings (SSSR count). The lowest BCUT2D eigenvalue weighted by Crippen LogP contribution is -2.05. The average molecular weight is 277 g/mol. The molecule has 1 heterocycles. The number of hydrogen-bond donors (Lipinski definition) is 2. The lowest BCUT2D eigenvalue weighted by Gasteiger charge is -2.12. The van der Waals surface area contributed by atoms with Crippen molar-refractivity contribution >= 4 is 22.7 Å². The lowest BCUT2D eigenvalue weighted by atomic mass is 10.2. The summed E-state index contributed by atoms with van der Waals surface area (Å²) in [5, 5.41) is 6.40. The molecular weight excluding hydrogens is 258 g/mol. The zero-order valence-electron chi connectivity index (χ0n) is 11.3. The van der Waals surface area contributed by atoms with Crippen LogP contribution in [0.15, 0.2) is 23.6 Å². The monoisotopic (exact) mass is 277 g/mol. The minimum Gasteiger partial charge on any atom is -0.491 e. The van der Waals surface area contributed by atoms with E-state index in [4.69, 9.17) is 10.5 Å². The van der Waals surface area contributed by atoms with Crippen molar-refractivity contribution in [2.45, 2.75) is 26.8 Å². The first-order valence-electron chi connectivity index (χ1n) is 6.37. The SMILES string of the molecule is CCCOc1cccc(NCc2nc(C)cs2)c1N. The van der Waals surface area contributed by atoms with Crippen molar-refractivity contribution in [3.63, 3.8) is 0 Å². The van der Waals surface area contributed by atoms with Crippen LogP contribution >= 0.6 is 11.3 Å². The van der Waals surface area contributed by atoms with Gasteiger partial charge in [0.2, 0.25) is 0 Å². The Bertz CT molecular complexity index is 539. The van der Waals surface area contributed by atoms with Gasteiger partial charge in [-0.15, -0.1) is 11.3 Å². The molecule has 2 aromatic rings. The molecule has 3 N–H and O–H groups in total. The Balaban J connectivity index is 2.03. The molecule has 4 nitrogen and oxygen atoms in total. The van der Waals surface area contributed by atoms with Crippen LogP contribution < -0.4 is 15.8 Å². The lowest BCUT2D eigenvalue weighted by molar-refractivity contribution is 0.319. The summed E-state index contributed by atoms with van der Waals surface area (Å²) in [6.45, 7) is 5.43. The van der Waals surface area contributed by atoms with Crippen molar-refractivity contribution in [2.75, 3.05) is 17.7 Å². The molecule has 1 aromatic carbocycles. The molecule has 0 atom stereocenters. The Kier molecular flexibility index (Phi) is 4.63. The molecule has 1 aromatic heterocycles. The third kappa shape index (κ3) is 3.61. The maximum absolute atomic E-state index is 6.09. The van der Waals surface area contributed by atoms with Gasteiger partial charge in [-0.25, -0.2) is 4.98 Å². The minimum absolute atomic E-state index is 0.657. The summed E-state index contributed by atoms with van der Waals surface area (Å²) in [4.78, 5) is 4.41. The van der Waals surface area contributed by atoms with E-state index in [1.807, 2.05) is 30.5 Å². The van der Waals surface area contributed by atoms with E-state index in [0.717, 1.165) is 28.6 Å². The fourth-order valence-electron chi connectivity index (χ4n) is 1.69. The summed E-state index contributed by atoms with van der Waals surface area (Å²) in [7, 11) is 0. The van der Waals surface area contributed by atoms with Crippen LogP contribution in [0.3, 0.4) is 0 Å². The fraction of sp³-hybridized carbons (Fsp3) is 0.357. The molecule has 0 aliphatic rings. The summed E-state index contributed by atoms with van der Waals surface area (Å²) in [5.41, 5.74) is 8.69. The number of thiazole rings is 1. The molecule has 0 amide bonds. The molecule has 0 saturated heterocycles. The van der Waals surface area contributed by atoms with Crippen molar-refractivity contribution in [1.29, 1.82) is 0 Å². The van der Waals surface area contributed by atoms with Gasteiger partial charge in [0, 0.05) is 11.1 Å². The van der Waals surface area contributed by atoms with Crippen LogP contribution in [0.4, 0.5) is 11.4 Å². The molecule has 0 spiro atoms. The van der Waals surface area contributed by atoms with Crippen LogP contribution in [0.5, 0.6) is 5.75 Å². The van der Waals surface area contributed by atoms with Crippen LogP contribution in [-0.2, 0) is 6.54 Å². The quantitative estimate of drug-likeness (QED) is 0.794. The maximum atomic E-state index is 6.09. The van der Waals surface area contributed by atoms with Crippen LogP contribution in [0.25, 0.3) is 0 Å². The molecule has 19 heavy (non-hydrogen) atoms. The third-order valence-corrected chi connectivity index (χ3v) is 3.59. The van der Waals surface area contributed by atoms with Gasteiger partial charge in [0.15, 0.2) is 0 Å². The van der Waals surface area contributed by atoms with Gasteiger partial charge in [-0.05, 0) is 25.5 Å². The number of hydrogen-bond acceptors (Lipinski definition) is 5. The molecule has 0 aliphatic heterocycles. The molecule has 102 valence electrons. The van der Waals surface area contributed by atoms with E-state index in [0.29, 0.717) is 18.8 Å². The minimum atomic E-state index is 0.657. The van der Waals surface area contributed by atoms with E-state index >= 15 is 0 Å². The molecule has 0 aliphatic carbocycles. The average Bonchev–Trinajstić information content (AvgIpc) is 2.82. The molecule has 0 saturated carbocycles. The van der Waals surface area contributed by atoms with Gasteiger partial charge in [0.25, 0.3) is 0 Å². The predicted molar refractivity (Wildman–Crippen MR) is 80.8 cm³/mol. The van der Waals surface area contributed by atoms with Crippen LogP contribution in [0.2, 0.25) is 0 Å². The summed E-state index contributed by atoms with van der Waals surface area (Å²) in [6.07, 6.45) is 0.968. The zero-order chi connectivity index (χ0) is 13.7. The van der Waals surface area contributed by atoms with Gasteiger partial charge in [-0.3, -0.25) is 0 Å². The second-order valence-corrected chi connectivity index (χ2v) is 5.24. The molecular formula is C14H19N3OS. The molecule has 0 bridgehead atoms. The number of nitrogens with one attached hydrogen (secondary N) is 1. The normalized spacial score (nSPS) is 10.4. The van der Waals surface area contributed by atoms with Crippen LogP contribution in [0, 0.1) is 6.92 Å². The van der Waals surface area contributed by atoms with E-state index in [-0.39, 0.29) is 0 Å². The highest BCUT2D eigenvalue weighted by Gasteiger charge is 2.06. The number of anilines is 2. The van der Waals surface area contributed by atoms with Crippen LogP contribution in [0.1, 0.15) is 24.0 Å². The number of nitrogens with zero attached hydrogens (tertiary/aromatic N) is 1. The number of para-hydroxylation sites is 1. The Morgan fingerprint density at radius 3 is 2.95 bits per heavy atom. The summed E-state index contributed by atoms with van der Waals surface area (Å²) < 4.78 is 5.60. The highest BCUT2D eigenvalue weighted by atomic mass is 32.1. The van der Waals surface area contributed by atoms with Gasteiger partial charge in [0.1, 0.15) is 10.8 Å². The van der Waals surface area contributed by atoms with E-state index in [9.17, 15) is 0 Å². The number of benzene rings is 1. The Morgan fingerprint density at radius 2 is 2.26 bits per heavy atom. The van der Waals surface area contributed by atoms with E-state index in [1.165, 1.54) is 0 Å². The smallest absolute Gasteiger partial charge is 0.144 e. The van der Waals surface area contributed by atoms with E-state index in [1.54, 1.807) is 11.3 Å². The van der Waals surface area contributed by atoms with E-state index in [2.05, 4.69) is 17.2 Å². The van der Waals surface area contributed by atoms with Crippen molar-refractivity contribution in [3.8, 4) is 5.75 Å². The highest BCUT2D eigenvalue weighted by Crippen LogP contribution is 2.29. The van der Waals surface area contributed by atoms with Crippen LogP contribution in [-0.4, -0.2) is 11.6 Å². The largest absolute Gasteiger partial charge is 0.491 e. The van der Waals surface area contributed by atoms with E-state index < -0.39 is 0 Å². The van der Waals surface area contributed by atoms with Gasteiger partial charge in [0.05, 0.1) is 24.5 Å². The second kappa shape index (κ2) is 6.43. The van der Waals surface area contributed by atoms with Gasteiger partial charge < -0.3 is 15.8 Å². The van der Waals surface area contributed by atoms with Crippen molar-refractivity contribution < 1.29 is 4.74 Å². The number of aryl methyl sites for hydroxylation is 1. The van der Waals surface area contributed by atoms with Gasteiger partial charge >= 0.3 is 0 Å². The Hall–Kier alpha value is -1.75. The fourth-order valence-corrected chi connectivity index (χ4v) is 2.40. The first-order chi connectivity index (χ1) is 9.20. The number of nitrogen functional groups attached to an aromatic ring is 1. The Labute approximate surface area is 117 Å². The highest BCUT2D eigenvalue weighted by molar-refractivity contribution is 7.09. The molecule has 0 radical (unpaired) electrons. The number of aromatic nitrogens is 1. The third-order valence-electron chi connectivity index (χ3n) is 2.62. The zero-order valence-corrected chi connectivity index (χ0v) is 12.1. The van der Waals surface area contributed by atoms with Crippen molar-refractivity contribution in [2.24, 2.45) is 0 Å². The first-order valence-corrected chi connectivity index (χ1v) is 7.25. The van der Waals surface area contributed by atoms with Gasteiger partial charge in [-0.2, -0.15) is 0 Å². The topological polar surface area (TPSA) is 60.2 Å².